The van der Waals surface area contributed by atoms with E-state index in [2.05, 4.69) is 40.8 Å². The minimum atomic E-state index is -0.891. The predicted molar refractivity (Wildman–Crippen MR) is 108 cm³/mol. The minimum absolute atomic E-state index is 0.0189. The maximum absolute atomic E-state index is 13.6. The van der Waals surface area contributed by atoms with Crippen molar-refractivity contribution in [2.24, 2.45) is 0 Å². The molecule has 2 amide bonds. The van der Waals surface area contributed by atoms with Crippen molar-refractivity contribution < 1.29 is 14.0 Å². The number of likely N-dealkylation sites (N-methyl/N-ethyl adjacent to an activating group) is 2. The predicted octanol–water partition coefficient (Wildman–Crippen LogP) is 2.18. The molecule has 2 aromatic rings. The summed E-state index contributed by atoms with van der Waals surface area (Å²) in [5.74, 6) is -2.27. The molecule has 6 nitrogen and oxygen atoms in total. The van der Waals surface area contributed by atoms with Crippen molar-refractivity contribution in [1.29, 1.82) is 0 Å². The van der Waals surface area contributed by atoms with Crippen LogP contribution in [0.1, 0.15) is 17.2 Å². The highest BCUT2D eigenvalue weighted by atomic mass is 19.1. The summed E-state index contributed by atoms with van der Waals surface area (Å²) in [5.41, 5.74) is 3.58. The first-order valence-corrected chi connectivity index (χ1v) is 9.21. The van der Waals surface area contributed by atoms with Gasteiger partial charge in [-0.1, -0.05) is 24.3 Å². The van der Waals surface area contributed by atoms with Crippen LogP contribution in [0.2, 0.25) is 0 Å². The highest BCUT2D eigenvalue weighted by molar-refractivity contribution is 6.39. The monoisotopic (exact) mass is 384 g/mol. The summed E-state index contributed by atoms with van der Waals surface area (Å²) in [5, 5.41) is 4.95. The normalized spacial score (nSPS) is 14.0. The van der Waals surface area contributed by atoms with Crippen LogP contribution >= 0.6 is 0 Å². The molecule has 0 fully saturated rings. The average Bonchev–Trinajstić information content (AvgIpc) is 3.03. The maximum Gasteiger partial charge on any atom is 0.313 e. The number of hydrogen-bond donors (Lipinski definition) is 2. The van der Waals surface area contributed by atoms with Crippen LogP contribution in [-0.2, 0) is 16.0 Å². The van der Waals surface area contributed by atoms with E-state index in [1.807, 2.05) is 19.0 Å². The van der Waals surface area contributed by atoms with Gasteiger partial charge < -0.3 is 20.4 Å². The first-order valence-electron chi connectivity index (χ1n) is 9.21. The Labute approximate surface area is 164 Å². The van der Waals surface area contributed by atoms with E-state index in [-0.39, 0.29) is 18.3 Å². The third-order valence-electron chi connectivity index (χ3n) is 5.02. The number of fused-ring (bicyclic) bond motifs is 1. The molecule has 3 rings (SSSR count). The van der Waals surface area contributed by atoms with Gasteiger partial charge in [0, 0.05) is 25.8 Å². The highest BCUT2D eigenvalue weighted by Crippen LogP contribution is 2.30. The zero-order valence-electron chi connectivity index (χ0n) is 16.3. The molecule has 7 heteroatoms. The molecule has 148 valence electrons. The summed E-state index contributed by atoms with van der Waals surface area (Å²) in [6.45, 7) is 1.27. The van der Waals surface area contributed by atoms with Gasteiger partial charge in [-0.2, -0.15) is 0 Å². The molecule has 0 unspecified atom stereocenters. The fraction of sp³-hybridized carbons (Fsp3) is 0.333. The van der Waals surface area contributed by atoms with Gasteiger partial charge in [-0.15, -0.1) is 0 Å². The summed E-state index contributed by atoms with van der Waals surface area (Å²) in [4.78, 5) is 28.5. The smallest absolute Gasteiger partial charge is 0.313 e. The SMILES string of the molecule is CN1CCc2cc([C@@H](CNC(=O)C(=O)Nc3ccccc3F)N(C)C)ccc21. The summed E-state index contributed by atoms with van der Waals surface area (Å²) < 4.78 is 13.6. The molecule has 0 aromatic heterocycles. The van der Waals surface area contributed by atoms with Crippen molar-refractivity contribution in [2.45, 2.75) is 12.5 Å². The topological polar surface area (TPSA) is 64.7 Å². The molecule has 0 spiro atoms. The van der Waals surface area contributed by atoms with E-state index in [4.69, 9.17) is 0 Å². The molecule has 1 heterocycles. The van der Waals surface area contributed by atoms with Gasteiger partial charge in [0.2, 0.25) is 0 Å². The van der Waals surface area contributed by atoms with Crippen LogP contribution in [0.15, 0.2) is 42.5 Å². The lowest BCUT2D eigenvalue weighted by Gasteiger charge is -2.26. The van der Waals surface area contributed by atoms with E-state index in [0.717, 1.165) is 18.5 Å². The van der Waals surface area contributed by atoms with E-state index in [1.54, 1.807) is 6.07 Å². The molecule has 0 radical (unpaired) electrons. The summed E-state index contributed by atoms with van der Waals surface area (Å²) in [6, 6.07) is 12.0. The molecule has 0 bridgehead atoms. The second-order valence-electron chi connectivity index (χ2n) is 7.18. The van der Waals surface area contributed by atoms with E-state index in [9.17, 15) is 14.0 Å². The van der Waals surface area contributed by atoms with Gasteiger partial charge >= 0.3 is 11.8 Å². The number of halogens is 1. The molecule has 0 saturated heterocycles. The second-order valence-corrected chi connectivity index (χ2v) is 7.18. The first-order chi connectivity index (χ1) is 13.4. The Morgan fingerprint density at radius 1 is 1.18 bits per heavy atom. The zero-order valence-corrected chi connectivity index (χ0v) is 16.3. The lowest BCUT2D eigenvalue weighted by atomic mass is 10.0. The Morgan fingerprint density at radius 2 is 1.93 bits per heavy atom. The number of rotatable bonds is 5. The molecule has 1 aliphatic rings. The molecule has 2 N–H and O–H groups in total. The maximum atomic E-state index is 13.6. The Kier molecular flexibility index (Phi) is 5.94. The van der Waals surface area contributed by atoms with Crippen LogP contribution in [-0.4, -0.2) is 50.9 Å². The molecule has 1 aliphatic heterocycles. The number of carbonyl (C=O) groups excluding carboxylic acids is 2. The zero-order chi connectivity index (χ0) is 20.3. The van der Waals surface area contributed by atoms with Crippen molar-refractivity contribution in [3.8, 4) is 0 Å². The van der Waals surface area contributed by atoms with Gasteiger partial charge in [0.1, 0.15) is 5.82 Å². The molecule has 28 heavy (non-hydrogen) atoms. The van der Waals surface area contributed by atoms with E-state index in [1.165, 1.54) is 29.4 Å². The number of anilines is 2. The quantitative estimate of drug-likeness (QED) is 0.776. The largest absolute Gasteiger partial charge is 0.374 e. The van der Waals surface area contributed by atoms with E-state index >= 15 is 0 Å². The van der Waals surface area contributed by atoms with Gasteiger partial charge in [-0.3, -0.25) is 9.59 Å². The van der Waals surface area contributed by atoms with Crippen LogP contribution in [0.25, 0.3) is 0 Å². The number of carbonyl (C=O) groups is 2. The average molecular weight is 384 g/mol. The first kappa shape index (κ1) is 19.8. The number of hydrogen-bond acceptors (Lipinski definition) is 4. The van der Waals surface area contributed by atoms with Gasteiger partial charge in [0.25, 0.3) is 0 Å². The molecular formula is C21H25FN4O2. The van der Waals surface area contributed by atoms with Gasteiger partial charge in [0.15, 0.2) is 0 Å². The number of amides is 2. The molecular weight excluding hydrogens is 359 g/mol. The summed E-state index contributed by atoms with van der Waals surface area (Å²) in [7, 11) is 5.93. The van der Waals surface area contributed by atoms with E-state index in [0.29, 0.717) is 0 Å². The number of benzene rings is 2. The van der Waals surface area contributed by atoms with Crippen LogP contribution in [0, 0.1) is 5.82 Å². The van der Waals surface area contributed by atoms with Crippen molar-refractivity contribution >= 4 is 23.2 Å². The standard InChI is InChI=1S/C21H25FN4O2/c1-25(2)19(14-8-9-18-15(12-14)10-11-26(18)3)13-23-20(27)21(28)24-17-7-5-4-6-16(17)22/h4-9,12,19H,10-11,13H2,1-3H3,(H,23,27)(H,24,28)/t19-/m1/s1. The lowest BCUT2D eigenvalue weighted by Crippen LogP contribution is -2.40. The highest BCUT2D eigenvalue weighted by Gasteiger charge is 2.22. The number of nitrogens with zero attached hydrogens (tertiary/aromatic N) is 2. The fourth-order valence-corrected chi connectivity index (χ4v) is 3.40. The Balaban J connectivity index is 1.64. The third kappa shape index (κ3) is 4.31. The van der Waals surface area contributed by atoms with E-state index < -0.39 is 17.6 Å². The summed E-state index contributed by atoms with van der Waals surface area (Å²) in [6.07, 6.45) is 0.997. The minimum Gasteiger partial charge on any atom is -0.374 e. The van der Waals surface area contributed by atoms with Crippen LogP contribution in [0.3, 0.4) is 0 Å². The number of para-hydroxylation sites is 1. The molecule has 1 atom stereocenters. The molecule has 0 aliphatic carbocycles. The fourth-order valence-electron chi connectivity index (χ4n) is 3.40. The van der Waals surface area contributed by atoms with Crippen molar-refractivity contribution in [3.63, 3.8) is 0 Å². The van der Waals surface area contributed by atoms with Gasteiger partial charge in [-0.25, -0.2) is 4.39 Å². The lowest BCUT2D eigenvalue weighted by molar-refractivity contribution is -0.136. The Bertz CT molecular complexity index is 884. The third-order valence-corrected chi connectivity index (χ3v) is 5.02. The Morgan fingerprint density at radius 3 is 2.64 bits per heavy atom. The van der Waals surface area contributed by atoms with Crippen LogP contribution in [0.5, 0.6) is 0 Å². The number of nitrogens with one attached hydrogen (secondary N) is 2. The van der Waals surface area contributed by atoms with Crippen molar-refractivity contribution in [3.05, 3.63) is 59.4 Å². The molecule has 0 saturated carbocycles. The van der Waals surface area contributed by atoms with Gasteiger partial charge in [0.05, 0.1) is 11.7 Å². The van der Waals surface area contributed by atoms with Crippen molar-refractivity contribution in [2.75, 3.05) is 44.4 Å². The second kappa shape index (κ2) is 8.39. The van der Waals surface area contributed by atoms with Gasteiger partial charge in [-0.05, 0) is 49.8 Å². The molecule has 2 aromatic carbocycles. The van der Waals surface area contributed by atoms with Crippen LogP contribution in [0.4, 0.5) is 15.8 Å². The Hall–Kier alpha value is -2.93. The van der Waals surface area contributed by atoms with Crippen molar-refractivity contribution in [1.82, 2.24) is 10.2 Å². The summed E-state index contributed by atoms with van der Waals surface area (Å²) >= 11 is 0. The van der Waals surface area contributed by atoms with Crippen LogP contribution < -0.4 is 15.5 Å².